The van der Waals surface area contributed by atoms with Crippen LogP contribution in [-0.4, -0.2) is 53.2 Å². The van der Waals surface area contributed by atoms with E-state index in [2.05, 4.69) is 36.1 Å². The summed E-state index contributed by atoms with van der Waals surface area (Å²) in [7, 11) is 0. The lowest BCUT2D eigenvalue weighted by Gasteiger charge is -2.23. The van der Waals surface area contributed by atoms with E-state index in [0.29, 0.717) is 13.0 Å². The van der Waals surface area contributed by atoms with Crippen LogP contribution in [0.15, 0.2) is 30.3 Å². The van der Waals surface area contributed by atoms with Crippen molar-refractivity contribution in [2.24, 2.45) is 0 Å². The first-order valence-corrected chi connectivity index (χ1v) is 9.46. The van der Waals surface area contributed by atoms with E-state index in [1.54, 1.807) is 0 Å². The molecular formula is C20H32N2O2. The minimum absolute atomic E-state index is 0.143. The number of rotatable bonds is 11. The molecule has 2 rings (SSSR count). The fourth-order valence-electron chi connectivity index (χ4n) is 3.44. The monoisotopic (exact) mass is 332 g/mol. The summed E-state index contributed by atoms with van der Waals surface area (Å²) in [6, 6.07) is 10.8. The third-order valence-electron chi connectivity index (χ3n) is 4.79. The van der Waals surface area contributed by atoms with Crippen molar-refractivity contribution in [2.75, 3.05) is 26.2 Å². The van der Waals surface area contributed by atoms with E-state index in [9.17, 15) is 4.79 Å². The maximum Gasteiger partial charge on any atom is 0.320 e. The van der Waals surface area contributed by atoms with Crippen LogP contribution in [0.5, 0.6) is 0 Å². The second-order valence-electron chi connectivity index (χ2n) is 6.76. The summed E-state index contributed by atoms with van der Waals surface area (Å²) in [6.07, 6.45) is 7.65. The van der Waals surface area contributed by atoms with Crippen LogP contribution < -0.4 is 0 Å². The Kier molecular flexibility index (Phi) is 8.10. The molecule has 0 radical (unpaired) electrons. The number of unbranched alkanes of at least 4 members (excludes halogenated alkanes) is 4. The number of carbonyl (C=O) groups excluding carboxylic acids is 1. The van der Waals surface area contributed by atoms with Gasteiger partial charge in [-0.1, -0.05) is 62.9 Å². The Labute approximate surface area is 146 Å². The lowest BCUT2D eigenvalue weighted by Crippen LogP contribution is -2.37. The van der Waals surface area contributed by atoms with E-state index in [1.165, 1.54) is 31.2 Å². The van der Waals surface area contributed by atoms with Crippen LogP contribution in [0.4, 0.5) is 4.79 Å². The molecule has 1 N–H and O–H groups in total. The Balaban J connectivity index is 1.93. The van der Waals surface area contributed by atoms with Crippen LogP contribution >= 0.6 is 0 Å². The Morgan fingerprint density at radius 2 is 1.79 bits per heavy atom. The quantitative estimate of drug-likeness (QED) is 0.628. The summed E-state index contributed by atoms with van der Waals surface area (Å²) in [5.41, 5.74) is 1.29. The Morgan fingerprint density at radius 1 is 1.04 bits per heavy atom. The smallest absolute Gasteiger partial charge is 0.320 e. The molecule has 4 nitrogen and oxygen atoms in total. The second-order valence-corrected chi connectivity index (χ2v) is 6.76. The highest BCUT2D eigenvalue weighted by Crippen LogP contribution is 2.21. The number of aliphatic hydroxyl groups is 1. The number of hydrogen-bond donors (Lipinski definition) is 1. The molecule has 0 unspecified atom stereocenters. The fraction of sp³-hybridized carbons (Fsp3) is 0.650. The topological polar surface area (TPSA) is 43.8 Å². The van der Waals surface area contributed by atoms with Crippen molar-refractivity contribution < 1.29 is 9.90 Å². The predicted octanol–water partition coefficient (Wildman–Crippen LogP) is 3.69. The molecule has 4 heteroatoms. The summed E-state index contributed by atoms with van der Waals surface area (Å²) in [4.78, 5) is 16.7. The third kappa shape index (κ3) is 5.52. The number of nitrogens with zero attached hydrogens (tertiary/aromatic N) is 2. The lowest BCUT2D eigenvalue weighted by atomic mass is 10.0. The predicted molar refractivity (Wildman–Crippen MR) is 98.1 cm³/mol. The van der Waals surface area contributed by atoms with Crippen LogP contribution in [0.1, 0.15) is 51.0 Å². The number of carbonyl (C=O) groups is 1. The zero-order valence-electron chi connectivity index (χ0n) is 15.0. The van der Waals surface area contributed by atoms with E-state index in [0.717, 1.165) is 25.9 Å². The standard InChI is InChI=1S/C20H32N2O2/c1-2-3-4-5-9-14-22-19(16-18-11-7-6-8-12-18)17-21(20(22)24)13-10-15-23/h6-8,11-12,19,23H,2-5,9-10,13-17H2,1H3/t19-/m0/s1. The molecule has 1 aliphatic rings. The molecule has 1 atom stereocenters. The van der Waals surface area contributed by atoms with Crippen molar-refractivity contribution in [3.63, 3.8) is 0 Å². The molecule has 1 heterocycles. The first kappa shape index (κ1) is 18.8. The van der Waals surface area contributed by atoms with Gasteiger partial charge in [0, 0.05) is 26.2 Å². The van der Waals surface area contributed by atoms with Crippen LogP contribution in [0.2, 0.25) is 0 Å². The Hall–Kier alpha value is -1.55. The van der Waals surface area contributed by atoms with E-state index in [1.807, 2.05) is 11.0 Å². The van der Waals surface area contributed by atoms with Gasteiger partial charge in [0.05, 0.1) is 6.04 Å². The van der Waals surface area contributed by atoms with Crippen molar-refractivity contribution in [1.29, 1.82) is 0 Å². The summed E-state index contributed by atoms with van der Waals surface area (Å²) < 4.78 is 0. The van der Waals surface area contributed by atoms with Crippen LogP contribution in [0.3, 0.4) is 0 Å². The average Bonchev–Trinajstić information content (AvgIpc) is 2.89. The summed E-state index contributed by atoms with van der Waals surface area (Å²) in [5, 5.41) is 9.05. The highest BCUT2D eigenvalue weighted by Gasteiger charge is 2.36. The van der Waals surface area contributed by atoms with Gasteiger partial charge in [-0.05, 0) is 24.8 Å². The van der Waals surface area contributed by atoms with E-state index >= 15 is 0 Å². The van der Waals surface area contributed by atoms with E-state index < -0.39 is 0 Å². The number of aliphatic hydroxyl groups excluding tert-OH is 1. The van der Waals surface area contributed by atoms with Gasteiger partial charge in [-0.2, -0.15) is 0 Å². The third-order valence-corrected chi connectivity index (χ3v) is 4.79. The first-order chi connectivity index (χ1) is 11.8. The molecule has 1 aromatic rings. The second kappa shape index (κ2) is 10.3. The first-order valence-electron chi connectivity index (χ1n) is 9.46. The van der Waals surface area contributed by atoms with Crippen LogP contribution in [0.25, 0.3) is 0 Å². The summed E-state index contributed by atoms with van der Waals surface area (Å²) in [6.45, 7) is 4.66. The minimum Gasteiger partial charge on any atom is -0.396 e. The molecule has 1 saturated heterocycles. The molecule has 1 fully saturated rings. The van der Waals surface area contributed by atoms with Crippen LogP contribution in [0, 0.1) is 0 Å². The van der Waals surface area contributed by atoms with Gasteiger partial charge >= 0.3 is 6.03 Å². The van der Waals surface area contributed by atoms with Crippen molar-refractivity contribution in [1.82, 2.24) is 9.80 Å². The molecule has 0 aliphatic carbocycles. The normalized spacial score (nSPS) is 17.8. The molecule has 0 saturated carbocycles. The number of urea groups is 1. The molecule has 134 valence electrons. The highest BCUT2D eigenvalue weighted by atomic mass is 16.3. The van der Waals surface area contributed by atoms with Gasteiger partial charge in [0.15, 0.2) is 0 Å². The molecule has 1 aliphatic heterocycles. The lowest BCUT2D eigenvalue weighted by molar-refractivity contribution is 0.181. The summed E-state index contributed by atoms with van der Waals surface area (Å²) >= 11 is 0. The van der Waals surface area contributed by atoms with Gasteiger partial charge in [-0.25, -0.2) is 4.79 Å². The fourth-order valence-corrected chi connectivity index (χ4v) is 3.44. The van der Waals surface area contributed by atoms with E-state index in [-0.39, 0.29) is 18.7 Å². The van der Waals surface area contributed by atoms with Gasteiger partial charge < -0.3 is 14.9 Å². The molecular weight excluding hydrogens is 300 g/mol. The Bertz CT molecular complexity index is 478. The van der Waals surface area contributed by atoms with E-state index in [4.69, 9.17) is 5.11 Å². The molecule has 0 spiro atoms. The molecule has 0 bridgehead atoms. The van der Waals surface area contributed by atoms with Crippen LogP contribution in [-0.2, 0) is 6.42 Å². The zero-order chi connectivity index (χ0) is 17.2. The Morgan fingerprint density at radius 3 is 2.50 bits per heavy atom. The number of amides is 2. The molecule has 24 heavy (non-hydrogen) atoms. The maximum atomic E-state index is 12.7. The molecule has 0 aromatic heterocycles. The van der Waals surface area contributed by atoms with Crippen molar-refractivity contribution in [2.45, 2.75) is 57.9 Å². The van der Waals surface area contributed by atoms with Gasteiger partial charge in [0.2, 0.25) is 0 Å². The largest absolute Gasteiger partial charge is 0.396 e. The number of hydrogen-bond acceptors (Lipinski definition) is 2. The SMILES string of the molecule is CCCCCCCN1C(=O)N(CCCO)C[C@@H]1Cc1ccccc1. The average molecular weight is 332 g/mol. The van der Waals surface area contributed by atoms with Gasteiger partial charge in [-0.15, -0.1) is 0 Å². The molecule has 1 aromatic carbocycles. The molecule has 2 amide bonds. The van der Waals surface area contributed by atoms with Gasteiger partial charge in [0.25, 0.3) is 0 Å². The maximum absolute atomic E-state index is 12.7. The van der Waals surface area contributed by atoms with Gasteiger partial charge in [0.1, 0.15) is 0 Å². The zero-order valence-corrected chi connectivity index (χ0v) is 15.0. The number of benzene rings is 1. The minimum atomic E-state index is 0.143. The highest BCUT2D eigenvalue weighted by molar-refractivity contribution is 5.77. The van der Waals surface area contributed by atoms with Crippen molar-refractivity contribution >= 4 is 6.03 Å². The van der Waals surface area contributed by atoms with Crippen molar-refractivity contribution in [3.05, 3.63) is 35.9 Å². The summed E-state index contributed by atoms with van der Waals surface area (Å²) in [5.74, 6) is 0. The van der Waals surface area contributed by atoms with Gasteiger partial charge in [-0.3, -0.25) is 0 Å². The van der Waals surface area contributed by atoms with Crippen molar-refractivity contribution in [3.8, 4) is 0 Å².